The SMILES string of the molecule is CCOC(=O)[C@@H]1CN(CCNc2nc3ccccc3n(C3C[C@H]4CCC[C@@H](C3)N4C34CC5CC(CC(C5)C3)C4)c2=O)C[C@H]1C(=O)OCC. The molecule has 4 heterocycles. The Balaban J connectivity index is 1.00. The van der Waals surface area contributed by atoms with Crippen molar-refractivity contribution in [3.8, 4) is 0 Å². The standard InChI is InChI=1S/C38H53N5O5/c1-3-47-36(45)30-22-41(23-31(30)37(46)48-4-2)13-12-39-34-35(44)42(33-11-6-5-10-32(33)40-34)29-17-27-8-7-9-28(18-29)43(27)38-19-24-14-25(20-38)16-26(15-24)21-38/h5-6,10-11,24-31H,3-4,7-9,12-23H2,1-2H3,(H,39,40)/t24?,25?,26?,27-,28+,29?,30-,31-,38?/m1/s1. The van der Waals surface area contributed by atoms with Gasteiger partial charge in [-0.3, -0.25) is 24.2 Å². The minimum atomic E-state index is -0.552. The van der Waals surface area contributed by atoms with Crippen molar-refractivity contribution in [1.82, 2.24) is 19.4 Å². The molecule has 7 fully saturated rings. The van der Waals surface area contributed by atoms with E-state index < -0.39 is 11.8 Å². The molecule has 260 valence electrons. The van der Waals surface area contributed by atoms with Gasteiger partial charge in [-0.2, -0.15) is 0 Å². The normalized spacial score (nSPS) is 36.0. The van der Waals surface area contributed by atoms with E-state index in [9.17, 15) is 14.4 Å². The number of esters is 2. The van der Waals surface area contributed by atoms with Gasteiger partial charge in [-0.1, -0.05) is 18.6 Å². The van der Waals surface area contributed by atoms with Crippen LogP contribution in [0.4, 0.5) is 5.82 Å². The number of benzene rings is 1. The summed E-state index contributed by atoms with van der Waals surface area (Å²) in [6.07, 6.45) is 14.5. The van der Waals surface area contributed by atoms with Crippen molar-refractivity contribution >= 4 is 28.8 Å². The topological polar surface area (TPSA) is 106 Å². The van der Waals surface area contributed by atoms with Crippen LogP contribution >= 0.6 is 0 Å². The Kier molecular flexibility index (Phi) is 8.76. The van der Waals surface area contributed by atoms with Crippen molar-refractivity contribution in [2.45, 2.75) is 108 Å². The van der Waals surface area contributed by atoms with Crippen LogP contribution in [0.15, 0.2) is 29.1 Å². The van der Waals surface area contributed by atoms with Crippen LogP contribution in [0.25, 0.3) is 11.0 Å². The van der Waals surface area contributed by atoms with Crippen molar-refractivity contribution in [2.75, 3.05) is 44.7 Å². The van der Waals surface area contributed by atoms with E-state index in [0.29, 0.717) is 49.6 Å². The highest BCUT2D eigenvalue weighted by molar-refractivity contribution is 5.83. The molecule has 10 nitrogen and oxygen atoms in total. The molecule has 0 spiro atoms. The lowest BCUT2D eigenvalue weighted by molar-refractivity contribution is -0.157. The molecule has 0 radical (unpaired) electrons. The number of anilines is 1. The maximum atomic E-state index is 14.3. The number of rotatable bonds is 10. The molecule has 9 rings (SSSR count). The number of piperidine rings is 2. The molecular weight excluding hydrogens is 606 g/mol. The number of nitrogens with zero attached hydrogens (tertiary/aromatic N) is 4. The summed E-state index contributed by atoms with van der Waals surface area (Å²) in [6.45, 7) is 5.97. The molecule has 3 aliphatic heterocycles. The Bertz CT molecular complexity index is 1520. The summed E-state index contributed by atoms with van der Waals surface area (Å²) >= 11 is 0. The number of carbonyl (C=O) groups excluding carboxylic acids is 2. The number of aromatic nitrogens is 2. The van der Waals surface area contributed by atoms with Crippen LogP contribution in [-0.2, 0) is 19.1 Å². The molecule has 0 amide bonds. The van der Waals surface area contributed by atoms with Crippen molar-refractivity contribution < 1.29 is 19.1 Å². The number of fused-ring (bicyclic) bond motifs is 3. The fraction of sp³-hybridized carbons (Fsp3) is 0.737. The van der Waals surface area contributed by atoms with Gasteiger partial charge in [0.1, 0.15) is 0 Å². The van der Waals surface area contributed by atoms with E-state index in [1.807, 2.05) is 18.2 Å². The largest absolute Gasteiger partial charge is 0.466 e. The monoisotopic (exact) mass is 659 g/mol. The highest BCUT2D eigenvalue weighted by Crippen LogP contribution is 2.60. The van der Waals surface area contributed by atoms with Gasteiger partial charge in [-0.05, 0) is 108 Å². The Morgan fingerprint density at radius 3 is 2.02 bits per heavy atom. The average Bonchev–Trinajstić information content (AvgIpc) is 3.49. The van der Waals surface area contributed by atoms with Crippen LogP contribution in [0.5, 0.6) is 0 Å². The van der Waals surface area contributed by atoms with Crippen LogP contribution in [0.1, 0.15) is 90.5 Å². The maximum Gasteiger partial charge on any atom is 0.311 e. The van der Waals surface area contributed by atoms with E-state index in [0.717, 1.165) is 41.6 Å². The van der Waals surface area contributed by atoms with Gasteiger partial charge in [0, 0.05) is 49.8 Å². The van der Waals surface area contributed by atoms with Gasteiger partial charge < -0.3 is 19.4 Å². The zero-order chi connectivity index (χ0) is 33.0. The smallest absolute Gasteiger partial charge is 0.311 e. The molecule has 4 aliphatic carbocycles. The minimum Gasteiger partial charge on any atom is -0.466 e. The number of hydrogen-bond acceptors (Lipinski definition) is 9. The van der Waals surface area contributed by atoms with Gasteiger partial charge in [0.05, 0.1) is 36.1 Å². The average molecular weight is 660 g/mol. The number of ether oxygens (including phenoxy) is 2. The minimum absolute atomic E-state index is 0.0461. The number of carbonyl (C=O) groups is 2. The Labute approximate surface area is 283 Å². The number of para-hydroxylation sites is 2. The Hall–Kier alpha value is -2.98. The first-order valence-corrected chi connectivity index (χ1v) is 18.9. The quantitative estimate of drug-likeness (QED) is 0.353. The third kappa shape index (κ3) is 5.74. The van der Waals surface area contributed by atoms with E-state index >= 15 is 0 Å². The summed E-state index contributed by atoms with van der Waals surface area (Å²) in [6, 6.07) is 9.33. The lowest BCUT2D eigenvalue weighted by atomic mass is 9.51. The molecule has 1 aromatic carbocycles. The first kappa shape index (κ1) is 32.2. The molecular formula is C38H53N5O5. The molecule has 10 heteroatoms. The predicted molar refractivity (Wildman–Crippen MR) is 184 cm³/mol. The number of likely N-dealkylation sites (tertiary alicyclic amines) is 1. The molecule has 2 aromatic rings. The summed E-state index contributed by atoms with van der Waals surface area (Å²) in [4.78, 5) is 49.7. The Morgan fingerprint density at radius 2 is 1.44 bits per heavy atom. The summed E-state index contributed by atoms with van der Waals surface area (Å²) in [5.41, 5.74) is 2.12. The summed E-state index contributed by atoms with van der Waals surface area (Å²) in [5.74, 6) is 1.36. The van der Waals surface area contributed by atoms with Crippen LogP contribution < -0.4 is 10.9 Å². The molecule has 7 aliphatic rings. The van der Waals surface area contributed by atoms with Crippen LogP contribution in [0.2, 0.25) is 0 Å². The first-order chi connectivity index (χ1) is 23.4. The summed E-state index contributed by atoms with van der Waals surface area (Å²) < 4.78 is 12.6. The predicted octanol–water partition coefficient (Wildman–Crippen LogP) is 5.01. The molecule has 5 atom stereocenters. The van der Waals surface area contributed by atoms with Crippen LogP contribution in [0.3, 0.4) is 0 Å². The number of nitrogens with one attached hydrogen (secondary N) is 1. The highest BCUT2D eigenvalue weighted by atomic mass is 16.5. The van der Waals surface area contributed by atoms with Gasteiger partial charge in [0.25, 0.3) is 5.56 Å². The summed E-state index contributed by atoms with van der Waals surface area (Å²) in [7, 11) is 0. The fourth-order valence-electron chi connectivity index (χ4n) is 11.7. The zero-order valence-electron chi connectivity index (χ0n) is 28.8. The third-order valence-corrected chi connectivity index (χ3v) is 13.0. The van der Waals surface area contributed by atoms with E-state index in [-0.39, 0.29) is 36.8 Å². The number of hydrogen-bond donors (Lipinski definition) is 1. The molecule has 1 unspecified atom stereocenters. The molecule has 3 saturated heterocycles. The van der Waals surface area contributed by atoms with Crippen LogP contribution in [-0.4, -0.2) is 88.3 Å². The van der Waals surface area contributed by atoms with Crippen LogP contribution in [0, 0.1) is 29.6 Å². The lowest BCUT2D eigenvalue weighted by Crippen LogP contribution is -2.68. The molecule has 48 heavy (non-hydrogen) atoms. The second-order valence-corrected chi connectivity index (χ2v) is 15.9. The van der Waals surface area contributed by atoms with E-state index in [1.54, 1.807) is 13.8 Å². The highest BCUT2D eigenvalue weighted by Gasteiger charge is 2.58. The molecule has 6 bridgehead atoms. The second kappa shape index (κ2) is 13.0. The maximum absolute atomic E-state index is 14.3. The molecule has 4 saturated carbocycles. The zero-order valence-corrected chi connectivity index (χ0v) is 28.8. The van der Waals surface area contributed by atoms with Gasteiger partial charge in [0.15, 0.2) is 5.82 Å². The van der Waals surface area contributed by atoms with E-state index in [4.69, 9.17) is 14.5 Å². The fourth-order valence-corrected chi connectivity index (χ4v) is 11.7. The van der Waals surface area contributed by atoms with E-state index in [1.165, 1.54) is 57.8 Å². The van der Waals surface area contributed by atoms with Crippen molar-refractivity contribution in [3.63, 3.8) is 0 Å². The van der Waals surface area contributed by atoms with Crippen molar-refractivity contribution in [3.05, 3.63) is 34.6 Å². The Morgan fingerprint density at radius 1 is 0.854 bits per heavy atom. The van der Waals surface area contributed by atoms with Gasteiger partial charge in [-0.15, -0.1) is 0 Å². The summed E-state index contributed by atoms with van der Waals surface area (Å²) in [5, 5.41) is 3.37. The van der Waals surface area contributed by atoms with Gasteiger partial charge in [-0.25, -0.2) is 4.98 Å². The van der Waals surface area contributed by atoms with E-state index in [2.05, 4.69) is 25.8 Å². The van der Waals surface area contributed by atoms with Gasteiger partial charge in [0.2, 0.25) is 0 Å². The molecule has 1 aromatic heterocycles. The molecule has 1 N–H and O–H groups in total. The second-order valence-electron chi connectivity index (χ2n) is 15.9. The van der Waals surface area contributed by atoms with Crippen molar-refractivity contribution in [1.29, 1.82) is 0 Å². The third-order valence-electron chi connectivity index (χ3n) is 13.0. The van der Waals surface area contributed by atoms with Gasteiger partial charge >= 0.3 is 11.9 Å². The first-order valence-electron chi connectivity index (χ1n) is 18.9. The van der Waals surface area contributed by atoms with Crippen molar-refractivity contribution in [2.24, 2.45) is 29.6 Å². The lowest BCUT2D eigenvalue weighted by Gasteiger charge is -2.66.